The molecule has 17 heavy (non-hydrogen) atoms. The van der Waals surface area contributed by atoms with Crippen LogP contribution in [0.1, 0.15) is 10.4 Å². The van der Waals surface area contributed by atoms with Gasteiger partial charge in [0, 0.05) is 5.56 Å². The van der Waals surface area contributed by atoms with Crippen molar-refractivity contribution in [2.24, 2.45) is 0 Å². The van der Waals surface area contributed by atoms with Gasteiger partial charge in [-0.2, -0.15) is 13.2 Å². The first-order chi connectivity index (χ1) is 7.96. The monoisotopic (exact) mass is 242 g/mol. The van der Waals surface area contributed by atoms with Gasteiger partial charge in [-0.15, -0.1) is 6.42 Å². The van der Waals surface area contributed by atoms with Crippen LogP contribution >= 0.6 is 0 Å². The minimum atomic E-state index is -4.77. The van der Waals surface area contributed by atoms with Gasteiger partial charge in [0.1, 0.15) is 6.61 Å². The molecule has 0 aromatic heterocycles. The third-order valence-electron chi connectivity index (χ3n) is 1.93. The van der Waals surface area contributed by atoms with E-state index in [1.165, 1.54) is 24.3 Å². The Morgan fingerprint density at radius 1 is 1.35 bits per heavy atom. The fourth-order valence-electron chi connectivity index (χ4n) is 1.20. The Labute approximate surface area is 96.4 Å². The summed E-state index contributed by atoms with van der Waals surface area (Å²) in [6.07, 6.45) is -2.48. The minimum absolute atomic E-state index is 0.0631. The van der Waals surface area contributed by atoms with Gasteiger partial charge >= 0.3 is 6.18 Å². The van der Waals surface area contributed by atoms with E-state index >= 15 is 0 Å². The zero-order valence-corrected chi connectivity index (χ0v) is 8.70. The van der Waals surface area contributed by atoms with Crippen molar-refractivity contribution in [1.82, 2.24) is 0 Å². The fraction of sp³-hybridized carbons (Fsp3) is 0.250. The maximum atomic E-state index is 12.6. The van der Waals surface area contributed by atoms with Crippen LogP contribution in [-0.4, -0.2) is 24.7 Å². The lowest BCUT2D eigenvalue weighted by Crippen LogP contribution is -2.39. The molecule has 5 heteroatoms. The summed E-state index contributed by atoms with van der Waals surface area (Å²) in [6, 6.07) is 7.13. The zero-order valence-electron chi connectivity index (χ0n) is 8.70. The maximum absolute atomic E-state index is 12.6. The van der Waals surface area contributed by atoms with E-state index in [0.29, 0.717) is 0 Å². The van der Waals surface area contributed by atoms with Crippen molar-refractivity contribution in [1.29, 1.82) is 0 Å². The molecule has 1 rings (SSSR count). The molecule has 1 aromatic carbocycles. The van der Waals surface area contributed by atoms with Gasteiger partial charge in [-0.3, -0.25) is 4.79 Å². The topological polar surface area (TPSA) is 26.3 Å². The third kappa shape index (κ3) is 3.61. The minimum Gasteiger partial charge on any atom is -0.348 e. The molecule has 0 spiro atoms. The molecule has 0 bridgehead atoms. The van der Waals surface area contributed by atoms with E-state index in [9.17, 15) is 18.0 Å². The Hall–Kier alpha value is -1.80. The Morgan fingerprint density at radius 2 is 1.94 bits per heavy atom. The second-order valence-electron chi connectivity index (χ2n) is 3.17. The molecule has 0 saturated heterocycles. The highest BCUT2D eigenvalue weighted by molar-refractivity contribution is 6.00. The molecule has 1 atom stereocenters. The van der Waals surface area contributed by atoms with Crippen molar-refractivity contribution in [3.8, 4) is 12.3 Å². The van der Waals surface area contributed by atoms with Gasteiger partial charge in [-0.1, -0.05) is 36.3 Å². The van der Waals surface area contributed by atoms with Gasteiger partial charge in [-0.25, -0.2) is 0 Å². The number of terminal acetylenes is 1. The molecular formula is C12H9F3O2. The number of ketones is 1. The van der Waals surface area contributed by atoms with Crippen LogP contribution in [-0.2, 0) is 4.74 Å². The van der Waals surface area contributed by atoms with Gasteiger partial charge in [0.15, 0.2) is 0 Å². The molecule has 2 nitrogen and oxygen atoms in total. The summed E-state index contributed by atoms with van der Waals surface area (Å²) in [5.41, 5.74) is -0.0631. The number of rotatable bonds is 4. The number of carbonyl (C=O) groups is 1. The van der Waals surface area contributed by atoms with Crippen LogP contribution in [0.15, 0.2) is 30.3 Å². The zero-order chi connectivity index (χ0) is 12.9. The van der Waals surface area contributed by atoms with Crippen molar-refractivity contribution in [2.75, 3.05) is 6.61 Å². The van der Waals surface area contributed by atoms with Crippen LogP contribution < -0.4 is 0 Å². The van der Waals surface area contributed by atoms with E-state index in [-0.39, 0.29) is 5.56 Å². The highest BCUT2D eigenvalue weighted by atomic mass is 19.4. The number of halogens is 3. The molecule has 0 heterocycles. The number of benzene rings is 1. The predicted octanol–water partition coefficient (Wildman–Crippen LogP) is 2.45. The third-order valence-corrected chi connectivity index (χ3v) is 1.93. The van der Waals surface area contributed by atoms with Gasteiger partial charge in [-0.05, 0) is 0 Å². The normalized spacial score (nSPS) is 12.8. The van der Waals surface area contributed by atoms with Crippen molar-refractivity contribution in [3.63, 3.8) is 0 Å². The van der Waals surface area contributed by atoms with Crippen molar-refractivity contribution in [3.05, 3.63) is 35.9 Å². The molecule has 0 aliphatic rings. The second kappa shape index (κ2) is 5.51. The summed E-state index contributed by atoms with van der Waals surface area (Å²) in [5.74, 6) is 0.757. The van der Waals surface area contributed by atoms with Crippen LogP contribution in [0.5, 0.6) is 0 Å². The number of carbonyl (C=O) groups excluding carboxylic acids is 1. The lowest BCUT2D eigenvalue weighted by atomic mass is 10.1. The number of ether oxygens (including phenoxy) is 1. The van der Waals surface area contributed by atoms with Gasteiger partial charge in [0.2, 0.25) is 11.9 Å². The Balaban J connectivity index is 2.92. The average molecular weight is 242 g/mol. The lowest BCUT2D eigenvalue weighted by molar-refractivity contribution is -0.198. The highest BCUT2D eigenvalue weighted by Gasteiger charge is 2.46. The van der Waals surface area contributed by atoms with Crippen LogP contribution in [0.4, 0.5) is 13.2 Å². The second-order valence-corrected chi connectivity index (χ2v) is 3.17. The van der Waals surface area contributed by atoms with Crippen molar-refractivity contribution in [2.45, 2.75) is 12.3 Å². The van der Waals surface area contributed by atoms with Crippen molar-refractivity contribution < 1.29 is 22.7 Å². The highest BCUT2D eigenvalue weighted by Crippen LogP contribution is 2.25. The molecule has 0 N–H and O–H groups in total. The molecule has 0 aliphatic heterocycles. The van der Waals surface area contributed by atoms with E-state index in [4.69, 9.17) is 6.42 Å². The molecule has 1 aromatic rings. The van der Waals surface area contributed by atoms with Gasteiger partial charge < -0.3 is 4.74 Å². The number of hydrogen-bond donors (Lipinski definition) is 0. The van der Waals surface area contributed by atoms with Crippen LogP contribution in [0.25, 0.3) is 0 Å². The number of alkyl halides is 3. The maximum Gasteiger partial charge on any atom is 0.422 e. The Morgan fingerprint density at radius 3 is 2.41 bits per heavy atom. The van der Waals surface area contributed by atoms with Crippen molar-refractivity contribution >= 4 is 5.78 Å². The van der Waals surface area contributed by atoms with E-state index in [1.54, 1.807) is 6.07 Å². The fourth-order valence-corrected chi connectivity index (χ4v) is 1.20. The number of hydrogen-bond acceptors (Lipinski definition) is 2. The Bertz CT molecular complexity index is 418. The van der Waals surface area contributed by atoms with E-state index in [2.05, 4.69) is 4.74 Å². The van der Waals surface area contributed by atoms with E-state index in [1.807, 2.05) is 5.92 Å². The molecular weight excluding hydrogens is 233 g/mol. The summed E-state index contributed by atoms with van der Waals surface area (Å²) >= 11 is 0. The largest absolute Gasteiger partial charge is 0.422 e. The molecule has 90 valence electrons. The lowest BCUT2D eigenvalue weighted by Gasteiger charge is -2.18. The standard InChI is InChI=1S/C12H9F3O2/c1-2-8-17-11(12(13,14)15)10(16)9-6-4-3-5-7-9/h1,3-7,11H,8H2/t11-/m0/s1. The van der Waals surface area contributed by atoms with E-state index in [0.717, 1.165) is 0 Å². The molecule has 0 unspecified atom stereocenters. The average Bonchev–Trinajstić information content (AvgIpc) is 2.29. The molecule has 0 aliphatic carbocycles. The summed E-state index contributed by atoms with van der Waals surface area (Å²) in [4.78, 5) is 11.6. The number of Topliss-reactive ketones (excluding diaryl/α,β-unsaturated/α-hetero) is 1. The van der Waals surface area contributed by atoms with Gasteiger partial charge in [0.25, 0.3) is 0 Å². The summed E-state index contributed by atoms with van der Waals surface area (Å²) in [6.45, 7) is -0.567. The summed E-state index contributed by atoms with van der Waals surface area (Å²) in [5, 5.41) is 0. The Kier molecular flexibility index (Phi) is 4.30. The molecule has 0 fully saturated rings. The first kappa shape index (κ1) is 13.3. The SMILES string of the molecule is C#CCO[C@@H](C(=O)c1ccccc1)C(F)(F)F. The first-order valence-corrected chi connectivity index (χ1v) is 4.68. The van der Waals surface area contributed by atoms with Crippen LogP contribution in [0, 0.1) is 12.3 Å². The van der Waals surface area contributed by atoms with Gasteiger partial charge in [0.05, 0.1) is 0 Å². The summed E-state index contributed by atoms with van der Waals surface area (Å²) in [7, 11) is 0. The predicted molar refractivity (Wildman–Crippen MR) is 55.4 cm³/mol. The first-order valence-electron chi connectivity index (χ1n) is 4.68. The summed E-state index contributed by atoms with van der Waals surface area (Å²) < 4.78 is 42.1. The molecule has 0 radical (unpaired) electrons. The smallest absolute Gasteiger partial charge is 0.348 e. The van der Waals surface area contributed by atoms with Crippen LogP contribution in [0.3, 0.4) is 0 Å². The molecule has 0 amide bonds. The quantitative estimate of drug-likeness (QED) is 0.598. The molecule has 0 saturated carbocycles. The van der Waals surface area contributed by atoms with Crippen LogP contribution in [0.2, 0.25) is 0 Å². The van der Waals surface area contributed by atoms with E-state index < -0.39 is 24.7 Å².